The van der Waals surface area contributed by atoms with Crippen molar-refractivity contribution < 1.29 is 28.6 Å². The molecule has 0 aliphatic carbocycles. The molecule has 0 N–H and O–H groups in total. The molecule has 0 aromatic carbocycles. The van der Waals surface area contributed by atoms with Crippen molar-refractivity contribution in [3.63, 3.8) is 0 Å². The summed E-state index contributed by atoms with van der Waals surface area (Å²) in [5.74, 6) is -1.06. The first-order valence-corrected chi connectivity index (χ1v) is 27.0. The fourth-order valence-electron chi connectivity index (χ4n) is 6.88. The molecule has 0 fully saturated rings. The molecule has 0 heterocycles. The van der Waals surface area contributed by atoms with E-state index < -0.39 is 6.10 Å². The van der Waals surface area contributed by atoms with Crippen LogP contribution in [0.4, 0.5) is 0 Å². The molecule has 1 atom stereocenters. The van der Waals surface area contributed by atoms with E-state index in [9.17, 15) is 14.4 Å². The Kier molecular flexibility index (Phi) is 51.0. The van der Waals surface area contributed by atoms with Gasteiger partial charge in [0.1, 0.15) is 13.2 Å². The van der Waals surface area contributed by atoms with Gasteiger partial charge in [0, 0.05) is 19.3 Å². The molecule has 0 saturated heterocycles. The standard InChI is InChI=1S/C61H98O6/c1-4-7-10-13-16-19-22-25-28-30-33-36-39-42-45-48-51-54-60(63)66-57-58(56-65-59(62)53-50-47-44-41-38-35-32-27-24-21-18-15-12-9-6-3)67-61(64)55-52-49-46-43-40-37-34-31-29-26-23-20-17-14-11-8-5-2/h9,12,17-18,20-21,25-29,32-34,36-37,42-43,45-46,58H,4-8,10-11,13-16,19,22-24,30-31,35,38-41,44,47-57H2,1-3H3/b12-9-,20-17-,21-18-,28-25-,29-26-,32-27-,36-33-,37-34-,45-42-,46-43-/t58-/m1/s1. The van der Waals surface area contributed by atoms with Gasteiger partial charge < -0.3 is 14.2 Å². The van der Waals surface area contributed by atoms with Crippen LogP contribution in [0.3, 0.4) is 0 Å². The first-order valence-electron chi connectivity index (χ1n) is 27.0. The second-order valence-corrected chi connectivity index (χ2v) is 17.4. The zero-order valence-electron chi connectivity index (χ0n) is 43.1. The third kappa shape index (κ3) is 52.6. The molecule has 0 aromatic rings. The summed E-state index contributed by atoms with van der Waals surface area (Å²) in [6.07, 6.45) is 74.8. The van der Waals surface area contributed by atoms with Gasteiger partial charge in [-0.1, -0.05) is 206 Å². The van der Waals surface area contributed by atoms with Crippen LogP contribution in [0.15, 0.2) is 122 Å². The summed E-state index contributed by atoms with van der Waals surface area (Å²) in [6.45, 7) is 6.37. The smallest absolute Gasteiger partial charge is 0.306 e. The van der Waals surface area contributed by atoms with Gasteiger partial charge >= 0.3 is 17.9 Å². The molecule has 378 valence electrons. The number of allylic oxidation sites excluding steroid dienone is 20. The van der Waals surface area contributed by atoms with E-state index in [4.69, 9.17) is 14.2 Å². The van der Waals surface area contributed by atoms with Crippen molar-refractivity contribution in [1.29, 1.82) is 0 Å². The Hall–Kier alpha value is -4.19. The van der Waals surface area contributed by atoms with Gasteiger partial charge in [-0.05, 0) is 122 Å². The zero-order chi connectivity index (χ0) is 48.6. The van der Waals surface area contributed by atoms with Crippen LogP contribution in [0.2, 0.25) is 0 Å². The number of esters is 3. The number of unbranched alkanes of at least 4 members (excludes halogenated alkanes) is 16. The largest absolute Gasteiger partial charge is 0.462 e. The van der Waals surface area contributed by atoms with Crippen LogP contribution in [0.5, 0.6) is 0 Å². The van der Waals surface area contributed by atoms with E-state index in [2.05, 4.69) is 142 Å². The number of rotatable bonds is 47. The lowest BCUT2D eigenvalue weighted by atomic mass is 10.1. The molecule has 0 amide bonds. The van der Waals surface area contributed by atoms with Crippen LogP contribution in [0.25, 0.3) is 0 Å². The van der Waals surface area contributed by atoms with Gasteiger partial charge in [0.15, 0.2) is 6.10 Å². The Morgan fingerprint density at radius 2 is 0.597 bits per heavy atom. The highest BCUT2D eigenvalue weighted by atomic mass is 16.6. The minimum atomic E-state index is -0.838. The first-order chi connectivity index (χ1) is 33.0. The Labute approximate surface area is 412 Å². The van der Waals surface area contributed by atoms with Crippen LogP contribution >= 0.6 is 0 Å². The average Bonchev–Trinajstić information content (AvgIpc) is 3.33. The predicted molar refractivity (Wildman–Crippen MR) is 288 cm³/mol. The SMILES string of the molecule is CC/C=C\C/C=C\C/C=C\CCCCCCCC(=O)OC[C@H](COC(=O)CCC/C=C\C/C=C\C/C=C\CCCCCCCC)OC(=O)CCC/C=C\C/C=C\C/C=C\C/C=C\CCCCC. The van der Waals surface area contributed by atoms with Crippen LogP contribution in [0, 0.1) is 0 Å². The third-order valence-electron chi connectivity index (χ3n) is 10.9. The van der Waals surface area contributed by atoms with E-state index in [0.29, 0.717) is 19.3 Å². The lowest BCUT2D eigenvalue weighted by molar-refractivity contribution is -0.167. The van der Waals surface area contributed by atoms with E-state index >= 15 is 0 Å². The van der Waals surface area contributed by atoms with Crippen molar-refractivity contribution in [2.24, 2.45) is 0 Å². The molecule has 0 radical (unpaired) electrons. The number of carbonyl (C=O) groups excluding carboxylic acids is 3. The second-order valence-electron chi connectivity index (χ2n) is 17.4. The summed E-state index contributed by atoms with van der Waals surface area (Å²) in [5, 5.41) is 0. The Bertz CT molecular complexity index is 1440. The van der Waals surface area contributed by atoms with E-state index in [1.807, 2.05) is 0 Å². The second kappa shape index (κ2) is 54.4. The predicted octanol–water partition coefficient (Wildman–Crippen LogP) is 18.1. The normalized spacial score (nSPS) is 13.1. The molecule has 0 unspecified atom stereocenters. The lowest BCUT2D eigenvalue weighted by Gasteiger charge is -2.18. The molecule has 6 heteroatoms. The van der Waals surface area contributed by atoms with Crippen molar-refractivity contribution >= 4 is 17.9 Å². The summed E-state index contributed by atoms with van der Waals surface area (Å²) in [7, 11) is 0. The highest BCUT2D eigenvalue weighted by Gasteiger charge is 2.19. The number of hydrogen-bond acceptors (Lipinski definition) is 6. The van der Waals surface area contributed by atoms with Crippen LogP contribution < -0.4 is 0 Å². The molecule has 6 nitrogen and oxygen atoms in total. The summed E-state index contributed by atoms with van der Waals surface area (Å²) in [6, 6.07) is 0. The van der Waals surface area contributed by atoms with Crippen molar-refractivity contribution in [2.75, 3.05) is 13.2 Å². The first kappa shape index (κ1) is 62.8. The highest BCUT2D eigenvalue weighted by Crippen LogP contribution is 2.12. The number of carbonyl (C=O) groups is 3. The minimum Gasteiger partial charge on any atom is -0.462 e. The maximum atomic E-state index is 12.8. The maximum Gasteiger partial charge on any atom is 0.306 e. The van der Waals surface area contributed by atoms with Crippen LogP contribution in [-0.2, 0) is 28.6 Å². The van der Waals surface area contributed by atoms with Gasteiger partial charge in [0.05, 0.1) is 0 Å². The summed E-state index contributed by atoms with van der Waals surface area (Å²) >= 11 is 0. The molecule has 0 saturated carbocycles. The summed E-state index contributed by atoms with van der Waals surface area (Å²) in [5.41, 5.74) is 0. The monoisotopic (exact) mass is 927 g/mol. The Morgan fingerprint density at radius 3 is 1.00 bits per heavy atom. The van der Waals surface area contributed by atoms with E-state index in [-0.39, 0.29) is 44.0 Å². The zero-order valence-corrected chi connectivity index (χ0v) is 43.1. The van der Waals surface area contributed by atoms with Crippen molar-refractivity contribution in [3.05, 3.63) is 122 Å². The van der Waals surface area contributed by atoms with Gasteiger partial charge in [-0.25, -0.2) is 0 Å². The molecule has 0 aromatic heterocycles. The van der Waals surface area contributed by atoms with E-state index in [1.165, 1.54) is 70.6 Å². The Morgan fingerprint density at radius 1 is 0.313 bits per heavy atom. The molecule has 0 aliphatic rings. The van der Waals surface area contributed by atoms with Crippen LogP contribution in [-0.4, -0.2) is 37.2 Å². The highest BCUT2D eigenvalue weighted by molar-refractivity contribution is 5.71. The van der Waals surface area contributed by atoms with Gasteiger partial charge in [-0.2, -0.15) is 0 Å². The maximum absolute atomic E-state index is 12.8. The topological polar surface area (TPSA) is 78.9 Å². The Balaban J connectivity index is 4.60. The van der Waals surface area contributed by atoms with Gasteiger partial charge in [0.2, 0.25) is 0 Å². The van der Waals surface area contributed by atoms with Crippen molar-refractivity contribution in [1.82, 2.24) is 0 Å². The molecule has 0 spiro atoms. The third-order valence-corrected chi connectivity index (χ3v) is 10.9. The van der Waals surface area contributed by atoms with Crippen LogP contribution in [0.1, 0.15) is 226 Å². The van der Waals surface area contributed by atoms with E-state index in [0.717, 1.165) is 103 Å². The molecule has 67 heavy (non-hydrogen) atoms. The van der Waals surface area contributed by atoms with Crippen molar-refractivity contribution in [3.8, 4) is 0 Å². The fourth-order valence-corrected chi connectivity index (χ4v) is 6.88. The number of ether oxygens (including phenoxy) is 3. The lowest BCUT2D eigenvalue weighted by Crippen LogP contribution is -2.30. The minimum absolute atomic E-state index is 0.128. The summed E-state index contributed by atoms with van der Waals surface area (Å²) in [4.78, 5) is 38.0. The number of hydrogen-bond donors (Lipinski definition) is 0. The van der Waals surface area contributed by atoms with Crippen molar-refractivity contribution in [2.45, 2.75) is 232 Å². The molecular formula is C61H98O6. The average molecular weight is 927 g/mol. The molecule has 0 aliphatic heterocycles. The molecular weight excluding hydrogens is 829 g/mol. The quantitative estimate of drug-likeness (QED) is 0.0262. The van der Waals surface area contributed by atoms with Gasteiger partial charge in [-0.15, -0.1) is 0 Å². The molecule has 0 bridgehead atoms. The van der Waals surface area contributed by atoms with E-state index in [1.54, 1.807) is 0 Å². The molecule has 0 rings (SSSR count). The van der Waals surface area contributed by atoms with Gasteiger partial charge in [0.25, 0.3) is 0 Å². The fraction of sp³-hybridized carbons (Fsp3) is 0.623. The summed E-state index contributed by atoms with van der Waals surface area (Å²) < 4.78 is 16.7. The van der Waals surface area contributed by atoms with Gasteiger partial charge in [-0.3, -0.25) is 14.4 Å².